The summed E-state index contributed by atoms with van der Waals surface area (Å²) < 4.78 is 0. The molecule has 1 aromatic rings. The van der Waals surface area contributed by atoms with Crippen LogP contribution in [0.5, 0.6) is 0 Å². The van der Waals surface area contributed by atoms with Crippen molar-refractivity contribution in [3.63, 3.8) is 0 Å². The summed E-state index contributed by atoms with van der Waals surface area (Å²) in [4.78, 5) is 32.3. The number of carbonyl (C=O) groups excluding carboxylic acids is 2. The Bertz CT molecular complexity index is 535. The third-order valence-corrected chi connectivity index (χ3v) is 4.32. The van der Waals surface area contributed by atoms with E-state index in [0.717, 1.165) is 18.5 Å². The van der Waals surface area contributed by atoms with Crippen LogP contribution in [-0.2, 0) is 4.79 Å². The van der Waals surface area contributed by atoms with Crippen molar-refractivity contribution in [3.05, 3.63) is 24.5 Å². The second kappa shape index (κ2) is 7.94. The molecule has 2 atom stereocenters. The van der Waals surface area contributed by atoms with E-state index in [9.17, 15) is 9.59 Å². The normalized spacial score (nSPS) is 19.3. The van der Waals surface area contributed by atoms with Crippen LogP contribution in [0.3, 0.4) is 0 Å². The number of urea groups is 1. The Balaban J connectivity index is 1.97. The Morgan fingerprint density at radius 3 is 3.00 bits per heavy atom. The van der Waals surface area contributed by atoms with E-state index in [4.69, 9.17) is 0 Å². The lowest BCUT2D eigenvalue weighted by Gasteiger charge is -2.33. The molecule has 0 radical (unpaired) electrons. The first-order valence-corrected chi connectivity index (χ1v) is 8.26. The molecule has 2 heterocycles. The number of nitrogens with zero attached hydrogens (tertiary/aromatic N) is 3. The number of piperidine rings is 1. The van der Waals surface area contributed by atoms with Gasteiger partial charge in [0.2, 0.25) is 5.91 Å². The van der Waals surface area contributed by atoms with Crippen LogP contribution in [0.2, 0.25) is 0 Å². The average molecular weight is 318 g/mol. The number of hydrogen-bond acceptors (Lipinski definition) is 3. The van der Waals surface area contributed by atoms with Gasteiger partial charge in [0.15, 0.2) is 0 Å². The summed E-state index contributed by atoms with van der Waals surface area (Å²) in [6.07, 6.45) is 5.92. The Kier molecular flexibility index (Phi) is 5.96. The molecule has 1 aromatic heterocycles. The van der Waals surface area contributed by atoms with Crippen molar-refractivity contribution in [2.75, 3.05) is 25.0 Å². The van der Waals surface area contributed by atoms with Gasteiger partial charge in [-0.25, -0.2) is 4.79 Å². The molecule has 23 heavy (non-hydrogen) atoms. The SMILES string of the molecule is CC[C@H](C)CN(C)C(=O)N[C@@H]1CCCN(c2cccnc2)C1=O. The van der Waals surface area contributed by atoms with Gasteiger partial charge < -0.3 is 15.1 Å². The van der Waals surface area contributed by atoms with E-state index >= 15 is 0 Å². The summed E-state index contributed by atoms with van der Waals surface area (Å²) >= 11 is 0. The number of aromatic nitrogens is 1. The largest absolute Gasteiger partial charge is 0.328 e. The highest BCUT2D eigenvalue weighted by Gasteiger charge is 2.31. The Morgan fingerprint density at radius 2 is 2.35 bits per heavy atom. The van der Waals surface area contributed by atoms with E-state index in [1.54, 1.807) is 29.2 Å². The Labute approximate surface area is 137 Å². The Hall–Kier alpha value is -2.11. The lowest BCUT2D eigenvalue weighted by Crippen LogP contribution is -2.55. The van der Waals surface area contributed by atoms with Crippen LogP contribution in [0.25, 0.3) is 0 Å². The molecular formula is C17H26N4O2. The van der Waals surface area contributed by atoms with E-state index in [0.29, 0.717) is 25.4 Å². The van der Waals surface area contributed by atoms with E-state index in [-0.39, 0.29) is 11.9 Å². The molecule has 0 bridgehead atoms. The van der Waals surface area contributed by atoms with E-state index in [1.165, 1.54) is 0 Å². The van der Waals surface area contributed by atoms with Gasteiger partial charge in [-0.2, -0.15) is 0 Å². The van der Waals surface area contributed by atoms with Crippen molar-refractivity contribution >= 4 is 17.6 Å². The van der Waals surface area contributed by atoms with E-state index < -0.39 is 6.04 Å². The molecule has 126 valence electrons. The number of nitrogens with one attached hydrogen (secondary N) is 1. The van der Waals surface area contributed by atoms with Gasteiger partial charge in [0.25, 0.3) is 0 Å². The molecule has 1 fully saturated rings. The Morgan fingerprint density at radius 1 is 1.57 bits per heavy atom. The highest BCUT2D eigenvalue weighted by Crippen LogP contribution is 2.20. The van der Waals surface area contributed by atoms with Crippen molar-refractivity contribution in [2.45, 2.75) is 39.2 Å². The minimum atomic E-state index is -0.462. The summed E-state index contributed by atoms with van der Waals surface area (Å²) in [7, 11) is 1.77. The van der Waals surface area contributed by atoms with Gasteiger partial charge in [-0.05, 0) is 30.9 Å². The zero-order chi connectivity index (χ0) is 16.8. The molecule has 0 spiro atoms. The molecule has 6 nitrogen and oxygen atoms in total. The molecule has 0 aliphatic carbocycles. The zero-order valence-corrected chi connectivity index (χ0v) is 14.2. The van der Waals surface area contributed by atoms with Gasteiger partial charge in [0, 0.05) is 26.3 Å². The number of carbonyl (C=O) groups is 2. The summed E-state index contributed by atoms with van der Waals surface area (Å²) in [5, 5.41) is 2.87. The van der Waals surface area contributed by atoms with Crippen LogP contribution in [0, 0.1) is 5.92 Å². The first-order chi connectivity index (χ1) is 11.0. The second-order valence-corrected chi connectivity index (χ2v) is 6.24. The van der Waals surface area contributed by atoms with Gasteiger partial charge in [-0.15, -0.1) is 0 Å². The molecule has 1 aliphatic rings. The maximum atomic E-state index is 12.6. The predicted molar refractivity (Wildman–Crippen MR) is 90.2 cm³/mol. The molecule has 0 saturated carbocycles. The second-order valence-electron chi connectivity index (χ2n) is 6.24. The molecule has 0 aromatic carbocycles. The van der Waals surface area contributed by atoms with Crippen molar-refractivity contribution in [1.82, 2.24) is 15.2 Å². The minimum Gasteiger partial charge on any atom is -0.328 e. The quantitative estimate of drug-likeness (QED) is 0.905. The first-order valence-electron chi connectivity index (χ1n) is 8.26. The molecular weight excluding hydrogens is 292 g/mol. The molecule has 2 rings (SSSR count). The lowest BCUT2D eigenvalue weighted by molar-refractivity contribution is -0.121. The number of amides is 3. The smallest absolute Gasteiger partial charge is 0.317 e. The topological polar surface area (TPSA) is 65.5 Å². The van der Waals surface area contributed by atoms with Gasteiger partial charge in [-0.1, -0.05) is 20.3 Å². The van der Waals surface area contributed by atoms with Crippen LogP contribution < -0.4 is 10.2 Å². The fraction of sp³-hybridized carbons (Fsp3) is 0.588. The number of anilines is 1. The first kappa shape index (κ1) is 17.2. The van der Waals surface area contributed by atoms with Crippen LogP contribution >= 0.6 is 0 Å². The molecule has 0 unspecified atom stereocenters. The monoisotopic (exact) mass is 318 g/mol. The van der Waals surface area contributed by atoms with Crippen LogP contribution in [0.1, 0.15) is 33.1 Å². The number of rotatable bonds is 5. The molecule has 1 aliphatic heterocycles. The van der Waals surface area contributed by atoms with Crippen LogP contribution in [0.4, 0.5) is 10.5 Å². The summed E-state index contributed by atoms with van der Waals surface area (Å²) in [6.45, 7) is 5.57. The molecule has 6 heteroatoms. The fourth-order valence-corrected chi connectivity index (χ4v) is 2.72. The molecule has 1 N–H and O–H groups in total. The third-order valence-electron chi connectivity index (χ3n) is 4.32. The summed E-state index contributed by atoms with van der Waals surface area (Å²) in [6, 6.07) is 3.03. The summed E-state index contributed by atoms with van der Waals surface area (Å²) in [5.41, 5.74) is 0.782. The number of hydrogen-bond donors (Lipinski definition) is 1. The lowest BCUT2D eigenvalue weighted by atomic mass is 10.0. The average Bonchev–Trinajstić information content (AvgIpc) is 2.57. The minimum absolute atomic E-state index is 0.0606. The zero-order valence-electron chi connectivity index (χ0n) is 14.2. The predicted octanol–water partition coefficient (Wildman–Crippen LogP) is 2.26. The van der Waals surface area contributed by atoms with Crippen molar-refractivity contribution in [2.24, 2.45) is 5.92 Å². The van der Waals surface area contributed by atoms with Gasteiger partial charge in [0.05, 0.1) is 11.9 Å². The third kappa shape index (κ3) is 4.43. The molecule has 1 saturated heterocycles. The highest BCUT2D eigenvalue weighted by atomic mass is 16.2. The molecule has 3 amide bonds. The van der Waals surface area contributed by atoms with Gasteiger partial charge >= 0.3 is 6.03 Å². The van der Waals surface area contributed by atoms with Crippen molar-refractivity contribution in [1.29, 1.82) is 0 Å². The fourth-order valence-electron chi connectivity index (χ4n) is 2.72. The van der Waals surface area contributed by atoms with Crippen molar-refractivity contribution in [3.8, 4) is 0 Å². The standard InChI is InChI=1S/C17H26N4O2/c1-4-13(2)12-20(3)17(23)19-15-8-6-10-21(16(15)22)14-7-5-9-18-11-14/h5,7,9,11,13,15H,4,6,8,10,12H2,1-3H3,(H,19,23)/t13-,15+/m0/s1. The maximum Gasteiger partial charge on any atom is 0.317 e. The van der Waals surface area contributed by atoms with Crippen molar-refractivity contribution < 1.29 is 9.59 Å². The van der Waals surface area contributed by atoms with E-state index in [2.05, 4.69) is 24.1 Å². The van der Waals surface area contributed by atoms with Crippen LogP contribution in [0.15, 0.2) is 24.5 Å². The van der Waals surface area contributed by atoms with Gasteiger partial charge in [0.1, 0.15) is 6.04 Å². The van der Waals surface area contributed by atoms with Crippen LogP contribution in [-0.4, -0.2) is 48.0 Å². The van der Waals surface area contributed by atoms with Gasteiger partial charge in [-0.3, -0.25) is 9.78 Å². The number of pyridine rings is 1. The highest BCUT2D eigenvalue weighted by molar-refractivity contribution is 5.99. The maximum absolute atomic E-state index is 12.6. The van der Waals surface area contributed by atoms with E-state index in [1.807, 2.05) is 12.1 Å². The summed E-state index contributed by atoms with van der Waals surface area (Å²) in [5.74, 6) is 0.384.